The van der Waals surface area contributed by atoms with Crippen molar-refractivity contribution in [3.63, 3.8) is 0 Å². The van der Waals surface area contributed by atoms with Gasteiger partial charge < -0.3 is 5.11 Å². The average molecular weight is 308 g/mol. The average Bonchev–Trinajstić information content (AvgIpc) is 2.73. The first-order chi connectivity index (χ1) is 9.93. The molecule has 2 amide bonds. The SMILES string of the molecule is CCC(C)N1C(=O)CC(Sc2ccc(C(=O)O)cn2)C1=O. The number of nitrogens with zero attached hydrogens (tertiary/aromatic N) is 2. The Morgan fingerprint density at radius 2 is 2.24 bits per heavy atom. The van der Waals surface area contributed by atoms with Crippen molar-refractivity contribution >= 4 is 29.5 Å². The van der Waals surface area contributed by atoms with Crippen LogP contribution in [0.5, 0.6) is 0 Å². The van der Waals surface area contributed by atoms with Gasteiger partial charge in [0, 0.05) is 18.7 Å². The van der Waals surface area contributed by atoms with Crippen LogP contribution >= 0.6 is 11.8 Å². The molecule has 2 atom stereocenters. The molecule has 1 aromatic heterocycles. The maximum absolute atomic E-state index is 12.3. The number of rotatable bonds is 5. The normalized spacial score (nSPS) is 19.9. The number of imide groups is 1. The fraction of sp³-hybridized carbons (Fsp3) is 0.429. The topological polar surface area (TPSA) is 87.6 Å². The van der Waals surface area contributed by atoms with E-state index in [0.717, 1.165) is 6.42 Å². The molecule has 7 heteroatoms. The van der Waals surface area contributed by atoms with E-state index in [1.807, 2.05) is 13.8 Å². The van der Waals surface area contributed by atoms with Crippen molar-refractivity contribution in [2.24, 2.45) is 0 Å². The predicted molar refractivity (Wildman–Crippen MR) is 77.1 cm³/mol. The Bertz CT molecular complexity index is 573. The summed E-state index contributed by atoms with van der Waals surface area (Å²) in [6, 6.07) is 2.89. The highest BCUT2D eigenvalue weighted by Crippen LogP contribution is 2.31. The van der Waals surface area contributed by atoms with Crippen LogP contribution in [0.2, 0.25) is 0 Å². The largest absolute Gasteiger partial charge is 0.478 e. The predicted octanol–water partition coefficient (Wildman–Crippen LogP) is 1.80. The van der Waals surface area contributed by atoms with Crippen LogP contribution < -0.4 is 0 Å². The fourth-order valence-corrected chi connectivity index (χ4v) is 3.07. The van der Waals surface area contributed by atoms with Crippen LogP contribution in [0.3, 0.4) is 0 Å². The smallest absolute Gasteiger partial charge is 0.337 e. The number of carboxylic acid groups (broad SMARTS) is 1. The first-order valence-corrected chi connectivity index (χ1v) is 7.54. The molecule has 1 N–H and O–H groups in total. The first kappa shape index (κ1) is 15.5. The molecule has 1 fully saturated rings. The Morgan fingerprint density at radius 3 is 2.76 bits per heavy atom. The molecule has 0 aromatic carbocycles. The van der Waals surface area contributed by atoms with Crippen LogP contribution in [0.4, 0.5) is 0 Å². The van der Waals surface area contributed by atoms with E-state index in [0.29, 0.717) is 5.03 Å². The number of amides is 2. The molecule has 1 aliphatic heterocycles. The number of likely N-dealkylation sites (tertiary alicyclic amines) is 1. The Labute approximate surface area is 126 Å². The van der Waals surface area contributed by atoms with Crippen molar-refractivity contribution in [2.45, 2.75) is 43.0 Å². The molecule has 2 heterocycles. The summed E-state index contributed by atoms with van der Waals surface area (Å²) in [5, 5.41) is 8.87. The summed E-state index contributed by atoms with van der Waals surface area (Å²) in [4.78, 5) is 40.3. The molecule has 0 bridgehead atoms. The van der Waals surface area contributed by atoms with Gasteiger partial charge in [-0.1, -0.05) is 18.7 Å². The summed E-state index contributed by atoms with van der Waals surface area (Å²) in [5.74, 6) is -1.40. The highest BCUT2D eigenvalue weighted by Gasteiger charge is 2.41. The summed E-state index contributed by atoms with van der Waals surface area (Å²) in [7, 11) is 0. The molecule has 1 aliphatic rings. The van der Waals surface area contributed by atoms with Crippen LogP contribution in [0.15, 0.2) is 23.4 Å². The van der Waals surface area contributed by atoms with Gasteiger partial charge >= 0.3 is 5.97 Å². The van der Waals surface area contributed by atoms with Crippen LogP contribution in [-0.4, -0.2) is 44.1 Å². The van der Waals surface area contributed by atoms with Gasteiger partial charge in [-0.3, -0.25) is 14.5 Å². The lowest BCUT2D eigenvalue weighted by Crippen LogP contribution is -2.38. The number of pyridine rings is 1. The van der Waals surface area contributed by atoms with Crippen molar-refractivity contribution < 1.29 is 19.5 Å². The third-order valence-corrected chi connectivity index (χ3v) is 4.56. The minimum atomic E-state index is -1.05. The second kappa shape index (κ2) is 6.26. The Balaban J connectivity index is 2.08. The number of carboxylic acids is 1. The first-order valence-electron chi connectivity index (χ1n) is 6.66. The number of aromatic nitrogens is 1. The summed E-state index contributed by atoms with van der Waals surface area (Å²) >= 11 is 1.20. The molecule has 21 heavy (non-hydrogen) atoms. The van der Waals surface area contributed by atoms with Crippen molar-refractivity contribution in [1.29, 1.82) is 0 Å². The maximum Gasteiger partial charge on any atom is 0.337 e. The van der Waals surface area contributed by atoms with Crippen molar-refractivity contribution in [3.8, 4) is 0 Å². The number of carbonyl (C=O) groups is 3. The summed E-state index contributed by atoms with van der Waals surface area (Å²) in [6.07, 6.45) is 2.13. The quantitative estimate of drug-likeness (QED) is 0.835. The van der Waals surface area contributed by atoms with Crippen molar-refractivity contribution in [2.75, 3.05) is 0 Å². The summed E-state index contributed by atoms with van der Waals surface area (Å²) in [6.45, 7) is 3.78. The Kier molecular flexibility index (Phi) is 4.62. The Hall–Kier alpha value is -1.89. The zero-order chi connectivity index (χ0) is 15.6. The van der Waals surface area contributed by atoms with Crippen LogP contribution in [0.1, 0.15) is 37.0 Å². The summed E-state index contributed by atoms with van der Waals surface area (Å²) in [5.41, 5.74) is 0.0920. The number of aromatic carboxylic acids is 1. The van der Waals surface area contributed by atoms with E-state index < -0.39 is 11.2 Å². The van der Waals surface area contributed by atoms with Gasteiger partial charge in [0.25, 0.3) is 0 Å². The number of hydrogen-bond donors (Lipinski definition) is 1. The molecule has 1 saturated heterocycles. The lowest BCUT2D eigenvalue weighted by atomic mass is 10.2. The van der Waals surface area contributed by atoms with Gasteiger partial charge in [-0.25, -0.2) is 9.78 Å². The van der Waals surface area contributed by atoms with Gasteiger partial charge in [0.1, 0.15) is 0 Å². The highest BCUT2D eigenvalue weighted by molar-refractivity contribution is 8.00. The minimum absolute atomic E-state index is 0.0920. The number of thioether (sulfide) groups is 1. The molecule has 0 radical (unpaired) electrons. The van der Waals surface area contributed by atoms with Gasteiger partial charge in [-0.05, 0) is 25.5 Å². The molecule has 6 nitrogen and oxygen atoms in total. The third-order valence-electron chi connectivity index (χ3n) is 3.42. The molecule has 0 saturated carbocycles. The van der Waals surface area contributed by atoms with Crippen molar-refractivity contribution in [3.05, 3.63) is 23.9 Å². The molecule has 0 aliphatic carbocycles. The van der Waals surface area contributed by atoms with Crippen LogP contribution in [0.25, 0.3) is 0 Å². The molecular weight excluding hydrogens is 292 g/mol. The molecule has 0 spiro atoms. The molecule has 2 rings (SSSR count). The third kappa shape index (κ3) is 3.24. The minimum Gasteiger partial charge on any atom is -0.478 e. The fourth-order valence-electron chi connectivity index (χ4n) is 2.08. The Morgan fingerprint density at radius 1 is 1.52 bits per heavy atom. The van der Waals surface area contributed by atoms with E-state index in [2.05, 4.69) is 4.98 Å². The van der Waals surface area contributed by atoms with Gasteiger partial charge in [0.15, 0.2) is 0 Å². The summed E-state index contributed by atoms with van der Waals surface area (Å²) < 4.78 is 0. The monoisotopic (exact) mass is 308 g/mol. The van der Waals surface area contributed by atoms with Gasteiger partial charge in [-0.15, -0.1) is 0 Å². The van der Waals surface area contributed by atoms with E-state index in [4.69, 9.17) is 5.11 Å². The second-order valence-corrected chi connectivity index (χ2v) is 6.08. The van der Waals surface area contributed by atoms with E-state index in [1.54, 1.807) is 6.07 Å². The van der Waals surface area contributed by atoms with Crippen LogP contribution in [0, 0.1) is 0 Å². The lowest BCUT2D eigenvalue weighted by molar-refractivity contribution is -0.140. The van der Waals surface area contributed by atoms with Gasteiger partial charge in [0.2, 0.25) is 11.8 Å². The van der Waals surface area contributed by atoms with Gasteiger partial charge in [-0.2, -0.15) is 0 Å². The van der Waals surface area contributed by atoms with E-state index >= 15 is 0 Å². The van der Waals surface area contributed by atoms with Crippen LogP contribution in [-0.2, 0) is 9.59 Å². The zero-order valence-corrected chi connectivity index (χ0v) is 12.6. The maximum atomic E-state index is 12.3. The molecular formula is C14H16N2O4S. The second-order valence-electron chi connectivity index (χ2n) is 4.86. The number of hydrogen-bond acceptors (Lipinski definition) is 5. The number of carbonyl (C=O) groups excluding carboxylic acids is 2. The highest BCUT2D eigenvalue weighted by atomic mass is 32.2. The van der Waals surface area contributed by atoms with Gasteiger partial charge in [0.05, 0.1) is 15.8 Å². The van der Waals surface area contributed by atoms with E-state index in [1.165, 1.54) is 28.9 Å². The van der Waals surface area contributed by atoms with Crippen molar-refractivity contribution in [1.82, 2.24) is 9.88 Å². The van der Waals surface area contributed by atoms with E-state index in [9.17, 15) is 14.4 Å². The zero-order valence-electron chi connectivity index (χ0n) is 11.8. The lowest BCUT2D eigenvalue weighted by Gasteiger charge is -2.21. The molecule has 112 valence electrons. The standard InChI is InChI=1S/C14H16N2O4S/c1-3-8(2)16-12(17)6-10(13(16)18)21-11-5-4-9(7-15-11)14(19)20/h4-5,7-8,10H,3,6H2,1-2H3,(H,19,20). The molecule has 2 unspecified atom stereocenters. The van der Waals surface area contributed by atoms with E-state index in [-0.39, 0.29) is 29.8 Å². The molecule has 1 aromatic rings.